The van der Waals surface area contributed by atoms with E-state index < -0.39 is 5.97 Å². The third kappa shape index (κ3) is 4.07. The number of unbranched alkanes of at least 4 members (excludes halogenated alkanes) is 2. The second kappa shape index (κ2) is 5.42. The summed E-state index contributed by atoms with van der Waals surface area (Å²) in [4.78, 5) is 10.2. The molecule has 0 bridgehead atoms. The average molecular weight is 196 g/mol. The fourth-order valence-corrected chi connectivity index (χ4v) is 1.38. The zero-order valence-electron chi connectivity index (χ0n) is 8.44. The van der Waals surface area contributed by atoms with E-state index in [2.05, 4.69) is 5.10 Å². The lowest BCUT2D eigenvalue weighted by Crippen LogP contribution is -1.94. The van der Waals surface area contributed by atoms with Crippen molar-refractivity contribution in [3.8, 4) is 0 Å². The van der Waals surface area contributed by atoms with E-state index >= 15 is 0 Å². The van der Waals surface area contributed by atoms with Crippen LogP contribution in [0.1, 0.15) is 31.2 Å². The second-order valence-corrected chi connectivity index (χ2v) is 3.48. The van der Waals surface area contributed by atoms with Gasteiger partial charge in [-0.05, 0) is 24.8 Å². The van der Waals surface area contributed by atoms with E-state index in [9.17, 15) is 4.79 Å². The molecule has 1 rings (SSSR count). The van der Waals surface area contributed by atoms with Crippen molar-refractivity contribution in [1.29, 1.82) is 0 Å². The highest BCUT2D eigenvalue weighted by Gasteiger charge is 1.98. The quantitative estimate of drug-likeness (QED) is 0.703. The molecular formula is C10H16N2O2. The van der Waals surface area contributed by atoms with Gasteiger partial charge in [0.1, 0.15) is 0 Å². The van der Waals surface area contributed by atoms with Gasteiger partial charge >= 0.3 is 5.97 Å². The first-order chi connectivity index (χ1) is 6.68. The van der Waals surface area contributed by atoms with Crippen LogP contribution in [0.5, 0.6) is 0 Å². The monoisotopic (exact) mass is 196 g/mol. The van der Waals surface area contributed by atoms with E-state index in [0.29, 0.717) is 0 Å². The van der Waals surface area contributed by atoms with Crippen molar-refractivity contribution in [2.45, 2.75) is 32.1 Å². The number of carboxylic acid groups (broad SMARTS) is 1. The van der Waals surface area contributed by atoms with Crippen LogP contribution in [-0.4, -0.2) is 20.9 Å². The van der Waals surface area contributed by atoms with E-state index in [0.717, 1.165) is 25.7 Å². The summed E-state index contributed by atoms with van der Waals surface area (Å²) in [6.07, 6.45) is 7.92. The molecular weight excluding hydrogens is 180 g/mol. The zero-order chi connectivity index (χ0) is 10.4. The minimum absolute atomic E-state index is 0.285. The van der Waals surface area contributed by atoms with Gasteiger partial charge < -0.3 is 5.11 Å². The molecule has 1 N–H and O–H groups in total. The molecule has 4 nitrogen and oxygen atoms in total. The van der Waals surface area contributed by atoms with Gasteiger partial charge in [0.2, 0.25) is 0 Å². The number of nitrogens with zero attached hydrogens (tertiary/aromatic N) is 2. The fraction of sp³-hybridized carbons (Fsp3) is 0.600. The van der Waals surface area contributed by atoms with Gasteiger partial charge in [-0.1, -0.05) is 6.42 Å². The summed E-state index contributed by atoms with van der Waals surface area (Å²) in [5.74, 6) is -0.702. The SMILES string of the molecule is Cn1cc(CCCCCC(=O)O)cn1. The zero-order valence-corrected chi connectivity index (χ0v) is 8.44. The molecule has 0 amide bonds. The Kier molecular flexibility index (Phi) is 4.16. The number of rotatable bonds is 6. The summed E-state index contributed by atoms with van der Waals surface area (Å²) in [6.45, 7) is 0. The molecule has 1 aromatic rings. The number of aromatic nitrogens is 2. The fourth-order valence-electron chi connectivity index (χ4n) is 1.38. The highest BCUT2D eigenvalue weighted by molar-refractivity contribution is 5.66. The molecule has 0 radical (unpaired) electrons. The molecule has 0 spiro atoms. The van der Waals surface area contributed by atoms with Gasteiger partial charge in [-0.2, -0.15) is 5.10 Å². The molecule has 0 aliphatic carbocycles. The van der Waals surface area contributed by atoms with Gasteiger partial charge in [0.25, 0.3) is 0 Å². The van der Waals surface area contributed by atoms with Crippen LogP contribution in [0.3, 0.4) is 0 Å². The highest BCUT2D eigenvalue weighted by atomic mass is 16.4. The predicted molar refractivity (Wildman–Crippen MR) is 53.0 cm³/mol. The number of carbonyl (C=O) groups is 1. The standard InChI is InChI=1S/C10H16N2O2/c1-12-8-9(7-11-12)5-3-2-4-6-10(13)14/h7-8H,2-6H2,1H3,(H,13,14). The third-order valence-electron chi connectivity index (χ3n) is 2.11. The van der Waals surface area contributed by atoms with Crippen LogP contribution in [0.4, 0.5) is 0 Å². The van der Waals surface area contributed by atoms with Crippen LogP contribution in [0, 0.1) is 0 Å². The largest absolute Gasteiger partial charge is 0.481 e. The minimum atomic E-state index is -0.702. The summed E-state index contributed by atoms with van der Waals surface area (Å²) in [5, 5.41) is 12.5. The molecule has 1 aromatic heterocycles. The van der Waals surface area contributed by atoms with Crippen molar-refractivity contribution in [1.82, 2.24) is 9.78 Å². The van der Waals surface area contributed by atoms with Crippen molar-refractivity contribution in [3.63, 3.8) is 0 Å². The van der Waals surface area contributed by atoms with E-state index in [1.807, 2.05) is 19.4 Å². The molecule has 0 aromatic carbocycles. The topological polar surface area (TPSA) is 55.1 Å². The van der Waals surface area contributed by atoms with Gasteiger partial charge in [0.15, 0.2) is 0 Å². The smallest absolute Gasteiger partial charge is 0.303 e. The summed E-state index contributed by atoms with van der Waals surface area (Å²) in [6, 6.07) is 0. The Labute approximate surface area is 83.5 Å². The normalized spacial score (nSPS) is 10.4. The number of carboxylic acids is 1. The van der Waals surface area contributed by atoms with Crippen molar-refractivity contribution in [3.05, 3.63) is 18.0 Å². The van der Waals surface area contributed by atoms with E-state index in [-0.39, 0.29) is 6.42 Å². The van der Waals surface area contributed by atoms with Crippen molar-refractivity contribution >= 4 is 5.97 Å². The maximum absolute atomic E-state index is 10.2. The molecule has 78 valence electrons. The number of aryl methyl sites for hydroxylation is 2. The van der Waals surface area contributed by atoms with E-state index in [4.69, 9.17) is 5.11 Å². The van der Waals surface area contributed by atoms with E-state index in [1.165, 1.54) is 5.56 Å². The van der Waals surface area contributed by atoms with Gasteiger partial charge in [0, 0.05) is 19.7 Å². The van der Waals surface area contributed by atoms with Crippen LogP contribution >= 0.6 is 0 Å². The van der Waals surface area contributed by atoms with Crippen molar-refractivity contribution in [2.24, 2.45) is 7.05 Å². The Bertz CT molecular complexity index is 294. The molecule has 14 heavy (non-hydrogen) atoms. The van der Waals surface area contributed by atoms with Crippen LogP contribution in [0.25, 0.3) is 0 Å². The summed E-state index contributed by atoms with van der Waals surface area (Å²) in [7, 11) is 1.90. The molecule has 4 heteroatoms. The number of hydrogen-bond donors (Lipinski definition) is 1. The first-order valence-corrected chi connectivity index (χ1v) is 4.88. The van der Waals surface area contributed by atoms with Gasteiger partial charge in [-0.15, -0.1) is 0 Å². The first kappa shape index (κ1) is 10.8. The van der Waals surface area contributed by atoms with E-state index in [1.54, 1.807) is 4.68 Å². The number of aliphatic carboxylic acids is 1. The van der Waals surface area contributed by atoms with Gasteiger partial charge in [-0.25, -0.2) is 0 Å². The average Bonchev–Trinajstić information content (AvgIpc) is 2.50. The maximum Gasteiger partial charge on any atom is 0.303 e. The molecule has 0 fully saturated rings. The lowest BCUT2D eigenvalue weighted by molar-refractivity contribution is -0.137. The molecule has 0 saturated carbocycles. The first-order valence-electron chi connectivity index (χ1n) is 4.88. The Morgan fingerprint density at radius 3 is 2.86 bits per heavy atom. The van der Waals surface area contributed by atoms with Crippen LogP contribution in [0.15, 0.2) is 12.4 Å². The summed E-state index contributed by atoms with van der Waals surface area (Å²) in [5.41, 5.74) is 1.22. The molecule has 0 aliphatic rings. The molecule has 0 aliphatic heterocycles. The summed E-state index contributed by atoms with van der Waals surface area (Å²) >= 11 is 0. The Hall–Kier alpha value is -1.32. The number of hydrogen-bond acceptors (Lipinski definition) is 2. The lowest BCUT2D eigenvalue weighted by Gasteiger charge is -1.96. The van der Waals surface area contributed by atoms with Gasteiger partial charge in [0.05, 0.1) is 6.20 Å². The summed E-state index contributed by atoms with van der Waals surface area (Å²) < 4.78 is 1.78. The molecule has 0 atom stereocenters. The Morgan fingerprint density at radius 1 is 1.50 bits per heavy atom. The van der Waals surface area contributed by atoms with Gasteiger partial charge in [-0.3, -0.25) is 9.48 Å². The second-order valence-electron chi connectivity index (χ2n) is 3.48. The highest BCUT2D eigenvalue weighted by Crippen LogP contribution is 2.06. The molecule has 1 heterocycles. The van der Waals surface area contributed by atoms with Crippen LogP contribution in [-0.2, 0) is 18.3 Å². The van der Waals surface area contributed by atoms with Crippen molar-refractivity contribution < 1.29 is 9.90 Å². The van der Waals surface area contributed by atoms with Crippen LogP contribution < -0.4 is 0 Å². The van der Waals surface area contributed by atoms with Crippen LogP contribution in [0.2, 0.25) is 0 Å². The Balaban J connectivity index is 2.07. The minimum Gasteiger partial charge on any atom is -0.481 e. The predicted octanol–water partition coefficient (Wildman–Crippen LogP) is 1.61. The molecule has 0 saturated heterocycles. The van der Waals surface area contributed by atoms with Crippen molar-refractivity contribution in [2.75, 3.05) is 0 Å². The maximum atomic E-state index is 10.2. The third-order valence-corrected chi connectivity index (χ3v) is 2.11. The molecule has 0 unspecified atom stereocenters. The Morgan fingerprint density at radius 2 is 2.29 bits per heavy atom. The lowest BCUT2D eigenvalue weighted by atomic mass is 10.1.